The van der Waals surface area contributed by atoms with Crippen LogP contribution in [0.4, 0.5) is 0 Å². The summed E-state index contributed by atoms with van der Waals surface area (Å²) in [4.78, 5) is 33.1. The van der Waals surface area contributed by atoms with E-state index in [2.05, 4.69) is 19.6 Å². The van der Waals surface area contributed by atoms with Crippen LogP contribution in [-0.4, -0.2) is 67.3 Å². The molecule has 0 aliphatic carbocycles. The number of carbonyl (C=O) groups excluding carboxylic acids is 2. The Morgan fingerprint density at radius 1 is 0.935 bits per heavy atom. The van der Waals surface area contributed by atoms with Gasteiger partial charge in [-0.1, -0.05) is 23.2 Å². The number of morpholine rings is 1. The SMILES string of the molecule is COC(=O)c1ccc(Cl)nc1CCl.COC(=O)c1ccc(Cl)nc1CN1CCOCC1. The van der Waals surface area contributed by atoms with Crippen LogP contribution in [0.5, 0.6) is 0 Å². The summed E-state index contributed by atoms with van der Waals surface area (Å²) in [5, 5.41) is 0.689. The minimum Gasteiger partial charge on any atom is -0.465 e. The number of nitrogens with zero attached hydrogens (tertiary/aromatic N) is 3. The van der Waals surface area contributed by atoms with Crippen LogP contribution in [0.15, 0.2) is 24.3 Å². The van der Waals surface area contributed by atoms with Gasteiger partial charge in [-0.2, -0.15) is 0 Å². The van der Waals surface area contributed by atoms with Crippen molar-refractivity contribution in [3.63, 3.8) is 0 Å². The standard InChI is InChI=1S/C12H15ClN2O3.C8H7Cl2NO2/c1-17-12(16)9-2-3-11(13)14-10(9)8-15-4-6-18-7-5-15;1-13-8(12)5-2-3-7(10)11-6(5)4-9/h2-3H,4-8H2,1H3;2-3H,4H2,1H3. The Hall–Kier alpha value is -1.97. The monoisotopic (exact) mass is 489 g/mol. The van der Waals surface area contributed by atoms with Gasteiger partial charge in [0.2, 0.25) is 0 Å². The van der Waals surface area contributed by atoms with E-state index in [-0.39, 0.29) is 11.8 Å². The first kappa shape index (κ1) is 25.3. The Bertz CT molecular complexity index is 908. The van der Waals surface area contributed by atoms with Gasteiger partial charge >= 0.3 is 11.9 Å². The first-order chi connectivity index (χ1) is 14.9. The normalized spacial score (nSPS) is 13.7. The molecule has 8 nitrogen and oxygen atoms in total. The molecule has 0 spiro atoms. The number of pyridine rings is 2. The molecule has 11 heteroatoms. The van der Waals surface area contributed by atoms with Crippen molar-refractivity contribution in [3.8, 4) is 0 Å². The lowest BCUT2D eigenvalue weighted by atomic mass is 10.2. The lowest BCUT2D eigenvalue weighted by Crippen LogP contribution is -2.36. The van der Waals surface area contributed by atoms with Gasteiger partial charge < -0.3 is 14.2 Å². The van der Waals surface area contributed by atoms with E-state index in [1.807, 2.05) is 0 Å². The molecule has 2 aromatic rings. The number of hydrogen-bond donors (Lipinski definition) is 0. The Balaban J connectivity index is 0.000000233. The van der Waals surface area contributed by atoms with Crippen molar-refractivity contribution in [2.24, 2.45) is 0 Å². The number of halogens is 3. The molecule has 3 heterocycles. The van der Waals surface area contributed by atoms with Crippen molar-refractivity contribution in [3.05, 3.63) is 57.1 Å². The fourth-order valence-electron chi connectivity index (χ4n) is 2.73. The second-order valence-corrected chi connectivity index (χ2v) is 7.30. The van der Waals surface area contributed by atoms with Gasteiger partial charge in [0, 0.05) is 19.6 Å². The number of alkyl halides is 1. The number of carbonyl (C=O) groups is 2. The van der Waals surface area contributed by atoms with Gasteiger partial charge in [-0.3, -0.25) is 4.90 Å². The largest absolute Gasteiger partial charge is 0.465 e. The summed E-state index contributed by atoms with van der Waals surface area (Å²) in [7, 11) is 2.66. The Morgan fingerprint density at radius 3 is 1.90 bits per heavy atom. The van der Waals surface area contributed by atoms with E-state index in [1.54, 1.807) is 18.2 Å². The van der Waals surface area contributed by atoms with Crippen LogP contribution < -0.4 is 0 Å². The Labute approximate surface area is 195 Å². The molecule has 1 aliphatic rings. The van der Waals surface area contributed by atoms with E-state index in [0.717, 1.165) is 13.1 Å². The number of methoxy groups -OCH3 is 2. The van der Waals surface area contributed by atoms with Crippen LogP contribution in [-0.2, 0) is 26.6 Å². The minimum absolute atomic E-state index is 0.130. The molecule has 0 aromatic carbocycles. The predicted molar refractivity (Wildman–Crippen MR) is 117 cm³/mol. The second kappa shape index (κ2) is 12.8. The smallest absolute Gasteiger partial charge is 0.339 e. The maximum atomic E-state index is 11.6. The molecule has 0 radical (unpaired) electrons. The van der Waals surface area contributed by atoms with E-state index >= 15 is 0 Å². The molecule has 0 atom stereocenters. The molecular formula is C20H22Cl3N3O5. The van der Waals surface area contributed by atoms with E-state index in [9.17, 15) is 9.59 Å². The zero-order valence-corrected chi connectivity index (χ0v) is 19.3. The zero-order chi connectivity index (χ0) is 22.8. The molecule has 31 heavy (non-hydrogen) atoms. The molecule has 2 aromatic heterocycles. The molecule has 168 valence electrons. The predicted octanol–water partition coefficient (Wildman–Crippen LogP) is 3.61. The number of hydrogen-bond acceptors (Lipinski definition) is 8. The molecule has 0 unspecified atom stereocenters. The van der Waals surface area contributed by atoms with Crippen molar-refractivity contribution in [1.82, 2.24) is 14.9 Å². The van der Waals surface area contributed by atoms with Gasteiger partial charge in [-0.25, -0.2) is 19.6 Å². The summed E-state index contributed by atoms with van der Waals surface area (Å²) >= 11 is 17.1. The van der Waals surface area contributed by atoms with E-state index in [0.29, 0.717) is 52.6 Å². The average molecular weight is 491 g/mol. The summed E-state index contributed by atoms with van der Waals surface area (Å²) in [5.74, 6) is -0.715. The highest BCUT2D eigenvalue weighted by Gasteiger charge is 2.18. The van der Waals surface area contributed by atoms with Crippen LogP contribution in [0.1, 0.15) is 32.1 Å². The average Bonchev–Trinajstić information content (AvgIpc) is 2.79. The fourth-order valence-corrected chi connectivity index (χ4v) is 3.27. The molecule has 1 aliphatic heterocycles. The van der Waals surface area contributed by atoms with Crippen LogP contribution in [0.2, 0.25) is 10.3 Å². The molecule has 0 N–H and O–H groups in total. The van der Waals surface area contributed by atoms with Gasteiger partial charge in [0.15, 0.2) is 0 Å². The maximum Gasteiger partial charge on any atom is 0.339 e. The third-order valence-corrected chi connectivity index (χ3v) is 4.97. The Morgan fingerprint density at radius 2 is 1.42 bits per heavy atom. The summed E-state index contributed by atoms with van der Waals surface area (Å²) < 4.78 is 14.6. The highest BCUT2D eigenvalue weighted by Crippen LogP contribution is 2.16. The molecule has 0 amide bonds. The van der Waals surface area contributed by atoms with Crippen molar-refractivity contribution in [2.75, 3.05) is 40.5 Å². The zero-order valence-electron chi connectivity index (χ0n) is 17.1. The topological polar surface area (TPSA) is 90.9 Å². The van der Waals surface area contributed by atoms with Gasteiger partial charge in [0.05, 0.1) is 55.8 Å². The van der Waals surface area contributed by atoms with E-state index in [4.69, 9.17) is 44.3 Å². The van der Waals surface area contributed by atoms with Crippen LogP contribution in [0, 0.1) is 0 Å². The van der Waals surface area contributed by atoms with Gasteiger partial charge in [-0.05, 0) is 24.3 Å². The van der Waals surface area contributed by atoms with Crippen LogP contribution >= 0.6 is 34.8 Å². The maximum absolute atomic E-state index is 11.6. The summed E-state index contributed by atoms with van der Waals surface area (Å²) in [6.45, 7) is 3.64. The van der Waals surface area contributed by atoms with Gasteiger partial charge in [-0.15, -0.1) is 11.6 Å². The van der Waals surface area contributed by atoms with E-state index in [1.165, 1.54) is 20.3 Å². The van der Waals surface area contributed by atoms with Crippen LogP contribution in [0.3, 0.4) is 0 Å². The Kier molecular flexibility index (Phi) is 10.4. The van der Waals surface area contributed by atoms with Crippen molar-refractivity contribution in [1.29, 1.82) is 0 Å². The quantitative estimate of drug-likeness (QED) is 0.357. The lowest BCUT2D eigenvalue weighted by Gasteiger charge is -2.26. The number of aromatic nitrogens is 2. The molecular weight excluding hydrogens is 469 g/mol. The van der Waals surface area contributed by atoms with E-state index < -0.39 is 5.97 Å². The molecule has 1 saturated heterocycles. The van der Waals surface area contributed by atoms with Crippen molar-refractivity contribution in [2.45, 2.75) is 12.4 Å². The number of ether oxygens (including phenoxy) is 3. The molecule has 0 bridgehead atoms. The summed E-state index contributed by atoms with van der Waals surface area (Å²) in [6.07, 6.45) is 0. The van der Waals surface area contributed by atoms with Crippen LogP contribution in [0.25, 0.3) is 0 Å². The second-order valence-electron chi connectivity index (χ2n) is 6.26. The fraction of sp³-hybridized carbons (Fsp3) is 0.400. The summed E-state index contributed by atoms with van der Waals surface area (Å²) in [5.41, 5.74) is 1.90. The third-order valence-electron chi connectivity index (χ3n) is 4.29. The first-order valence-electron chi connectivity index (χ1n) is 9.23. The minimum atomic E-state index is -0.459. The molecule has 1 fully saturated rings. The molecule has 3 rings (SSSR count). The van der Waals surface area contributed by atoms with Crippen molar-refractivity contribution < 1.29 is 23.8 Å². The summed E-state index contributed by atoms with van der Waals surface area (Å²) in [6, 6.07) is 6.30. The van der Waals surface area contributed by atoms with Gasteiger partial charge in [0.25, 0.3) is 0 Å². The number of esters is 2. The first-order valence-corrected chi connectivity index (χ1v) is 10.5. The lowest BCUT2D eigenvalue weighted by molar-refractivity contribution is 0.0332. The number of rotatable bonds is 5. The van der Waals surface area contributed by atoms with Gasteiger partial charge in [0.1, 0.15) is 10.3 Å². The van der Waals surface area contributed by atoms with Crippen molar-refractivity contribution >= 4 is 46.7 Å². The highest BCUT2D eigenvalue weighted by atomic mass is 35.5. The molecule has 0 saturated carbocycles. The third kappa shape index (κ3) is 7.59. The highest BCUT2D eigenvalue weighted by molar-refractivity contribution is 6.29.